The molecule has 8 amide bonds. The zero-order chi connectivity index (χ0) is 33.5. The molecule has 4 aliphatic heterocycles. The van der Waals surface area contributed by atoms with E-state index in [1.54, 1.807) is 49.4 Å². The van der Waals surface area contributed by atoms with Crippen molar-refractivity contribution in [3.63, 3.8) is 0 Å². The molecule has 246 valence electrons. The summed E-state index contributed by atoms with van der Waals surface area (Å²) in [5, 5.41) is 19.9. The molecule has 2 aromatic rings. The van der Waals surface area contributed by atoms with Crippen LogP contribution in [0.4, 0.5) is 9.59 Å². The summed E-state index contributed by atoms with van der Waals surface area (Å²) in [4.78, 5) is 93.6. The molecule has 18 heteroatoms. The van der Waals surface area contributed by atoms with Gasteiger partial charge in [-0.25, -0.2) is 19.4 Å². The van der Waals surface area contributed by atoms with Crippen molar-refractivity contribution in [1.29, 1.82) is 0 Å². The number of fused-ring (bicyclic) bond motifs is 1. The molecule has 47 heavy (non-hydrogen) atoms. The monoisotopic (exact) mass is 666 g/mol. The van der Waals surface area contributed by atoms with E-state index in [1.807, 2.05) is 0 Å². The van der Waals surface area contributed by atoms with Crippen LogP contribution >= 0.6 is 11.8 Å². The van der Waals surface area contributed by atoms with E-state index in [1.165, 1.54) is 22.3 Å². The Bertz CT molecular complexity index is 1650. The largest absolute Gasteiger partial charge is 0.479 e. The molecule has 5 heterocycles. The predicted molar refractivity (Wildman–Crippen MR) is 162 cm³/mol. The Hall–Kier alpha value is -5.39. The minimum absolute atomic E-state index is 0.0231. The Morgan fingerprint density at radius 1 is 1.06 bits per heavy atom. The van der Waals surface area contributed by atoms with Gasteiger partial charge in [-0.3, -0.25) is 29.0 Å². The van der Waals surface area contributed by atoms with Crippen LogP contribution in [0.1, 0.15) is 24.3 Å². The van der Waals surface area contributed by atoms with Crippen LogP contribution in [0.5, 0.6) is 0 Å². The number of aliphatic carboxylic acids is 1. The molecule has 1 unspecified atom stereocenters. The number of nitrogens with one attached hydrogen (secondary N) is 2. The van der Waals surface area contributed by atoms with Crippen LogP contribution in [0.3, 0.4) is 0 Å². The van der Waals surface area contributed by atoms with Crippen molar-refractivity contribution in [1.82, 2.24) is 35.2 Å². The van der Waals surface area contributed by atoms with Gasteiger partial charge >= 0.3 is 29.8 Å². The van der Waals surface area contributed by atoms with Crippen molar-refractivity contribution in [2.45, 2.75) is 29.3 Å². The highest BCUT2D eigenvalue weighted by molar-refractivity contribution is 8.02. The second-order valence-electron chi connectivity index (χ2n) is 11.0. The Balaban J connectivity index is 1.16. The average molecular weight is 667 g/mol. The number of piperazine rings is 1. The first-order valence-corrected chi connectivity index (χ1v) is 15.6. The molecular weight excluding hydrogens is 636 g/mol. The molecule has 0 aliphatic carbocycles. The normalized spacial score (nSPS) is 24.9. The van der Waals surface area contributed by atoms with E-state index in [9.17, 15) is 38.7 Å². The quantitative estimate of drug-likeness (QED) is 0.181. The summed E-state index contributed by atoms with van der Waals surface area (Å²) < 4.78 is 5.19. The van der Waals surface area contributed by atoms with Crippen molar-refractivity contribution in [2.24, 2.45) is 5.10 Å². The molecule has 1 aromatic carbocycles. The van der Waals surface area contributed by atoms with Crippen molar-refractivity contribution < 1.29 is 43.1 Å². The molecule has 17 nitrogen and oxygen atoms in total. The maximum atomic E-state index is 13.7. The number of hydrazone groups is 1. The third kappa shape index (κ3) is 5.53. The number of carboxylic acids is 1. The molecule has 0 radical (unpaired) electrons. The number of rotatable bonds is 9. The zero-order valence-electron chi connectivity index (χ0n) is 25.0. The van der Waals surface area contributed by atoms with Gasteiger partial charge in [0.05, 0.1) is 25.6 Å². The summed E-state index contributed by atoms with van der Waals surface area (Å²) in [6, 6.07) is 7.23. The van der Waals surface area contributed by atoms with Gasteiger partial charge in [-0.05, 0) is 24.6 Å². The number of hydrogen-bond donors (Lipinski definition) is 3. The number of hydrogen-bond acceptors (Lipinski definition) is 10. The summed E-state index contributed by atoms with van der Waals surface area (Å²) in [5.74, 6) is -4.15. The number of likely N-dealkylation sites (N-methyl/N-ethyl adjacent to an activating group) is 1. The molecule has 1 aromatic heterocycles. The molecule has 0 bridgehead atoms. The minimum Gasteiger partial charge on any atom is -0.479 e. The molecule has 4 saturated heterocycles. The van der Waals surface area contributed by atoms with E-state index in [2.05, 4.69) is 15.7 Å². The first-order valence-electron chi connectivity index (χ1n) is 14.7. The predicted octanol–water partition coefficient (Wildman–Crippen LogP) is -0.326. The maximum absolute atomic E-state index is 13.7. The van der Waals surface area contributed by atoms with Crippen molar-refractivity contribution in [3.05, 3.63) is 60.1 Å². The van der Waals surface area contributed by atoms with Gasteiger partial charge in [0.15, 0.2) is 0 Å². The topological polar surface area (TPSA) is 205 Å². The van der Waals surface area contributed by atoms with Crippen LogP contribution in [-0.2, 0) is 24.0 Å². The fraction of sp³-hybridized carbons (Fsp3) is 0.379. The Morgan fingerprint density at radius 3 is 2.51 bits per heavy atom. The van der Waals surface area contributed by atoms with E-state index >= 15 is 0 Å². The molecule has 0 spiro atoms. The van der Waals surface area contributed by atoms with Crippen LogP contribution in [-0.4, -0.2) is 133 Å². The van der Waals surface area contributed by atoms with Gasteiger partial charge in [0.25, 0.3) is 0 Å². The number of thioether (sulfide) groups is 1. The number of imide groups is 1. The van der Waals surface area contributed by atoms with E-state index < -0.39 is 64.0 Å². The lowest BCUT2D eigenvalue weighted by atomic mass is 10.0. The van der Waals surface area contributed by atoms with Gasteiger partial charge < -0.3 is 30.0 Å². The van der Waals surface area contributed by atoms with Crippen LogP contribution in [0.15, 0.2) is 58.2 Å². The Labute approximate surface area is 271 Å². The lowest BCUT2D eigenvalue weighted by molar-refractivity contribution is -0.153. The number of furan rings is 1. The molecular formula is C29H30N8O9S. The second kappa shape index (κ2) is 12.4. The number of carbonyl (C=O) groups is 7. The number of β-lactam (4-membered cyclic amide) rings is 1. The average Bonchev–Trinajstić information content (AvgIpc) is 3.81. The van der Waals surface area contributed by atoms with Gasteiger partial charge in [0.1, 0.15) is 23.2 Å². The Kier molecular flexibility index (Phi) is 8.35. The summed E-state index contributed by atoms with van der Waals surface area (Å²) in [7, 11) is 0. The standard InChI is InChI=1S/C29H30N8O9S/c1-2-33-10-11-34(24(41)23(33)40)27(44)32-19(17-7-4-3-5-8-17)21(38)31-20-22(39)35-16-29(26(42)43,47-25(20)35)36-12-13-37(28(36)45)30-15-18-9-6-14-46-18/h3-9,14-15,19-20,25H,2,10-13,16H2,1H3,(H,31,38)(H,32,44)(H,42,43)/b30-15+/t19?,20-,25-,29-/m1/s1. The summed E-state index contributed by atoms with van der Waals surface area (Å²) in [5.41, 5.74) is 0.338. The summed E-state index contributed by atoms with van der Waals surface area (Å²) >= 11 is 0.852. The van der Waals surface area contributed by atoms with Crippen molar-refractivity contribution in [2.75, 3.05) is 39.3 Å². The second-order valence-corrected chi connectivity index (χ2v) is 12.4. The van der Waals surface area contributed by atoms with E-state index in [0.717, 1.165) is 26.6 Å². The first-order chi connectivity index (χ1) is 22.6. The van der Waals surface area contributed by atoms with Crippen LogP contribution < -0.4 is 10.6 Å². The van der Waals surface area contributed by atoms with Gasteiger partial charge in [-0.1, -0.05) is 42.1 Å². The van der Waals surface area contributed by atoms with E-state index in [4.69, 9.17) is 4.42 Å². The minimum atomic E-state index is -1.84. The van der Waals surface area contributed by atoms with Gasteiger partial charge in [-0.2, -0.15) is 5.10 Å². The highest BCUT2D eigenvalue weighted by Gasteiger charge is 2.66. The number of carbonyl (C=O) groups excluding carboxylic acids is 6. The van der Waals surface area contributed by atoms with Gasteiger partial charge in [-0.15, -0.1) is 0 Å². The number of urea groups is 2. The Morgan fingerprint density at radius 2 is 1.83 bits per heavy atom. The lowest BCUT2D eigenvalue weighted by Crippen LogP contribution is -2.68. The zero-order valence-corrected chi connectivity index (χ0v) is 25.8. The van der Waals surface area contributed by atoms with Crippen LogP contribution in [0.2, 0.25) is 0 Å². The third-order valence-electron chi connectivity index (χ3n) is 8.36. The highest BCUT2D eigenvalue weighted by Crippen LogP contribution is 2.49. The molecule has 4 atom stereocenters. The summed E-state index contributed by atoms with van der Waals surface area (Å²) in [6.07, 6.45) is 2.78. The molecule has 6 rings (SSSR count). The SMILES string of the molecule is CCN1CCN(C(=O)NC(C(=O)N[C@@H]2C(=O)N3C[C@@](C(=O)O)(N4CCN(/N=C/c5ccco5)C4=O)S[C@H]23)c2ccccc2)C(=O)C1=O. The fourth-order valence-electron chi connectivity index (χ4n) is 5.82. The lowest BCUT2D eigenvalue weighted by Gasteiger charge is -2.41. The number of carboxylic acid groups (broad SMARTS) is 1. The number of nitrogens with zero attached hydrogens (tertiary/aromatic N) is 6. The van der Waals surface area contributed by atoms with E-state index in [-0.39, 0.29) is 32.7 Å². The third-order valence-corrected chi connectivity index (χ3v) is 10.0. The van der Waals surface area contributed by atoms with Gasteiger partial charge in [0, 0.05) is 26.2 Å². The summed E-state index contributed by atoms with van der Waals surface area (Å²) in [6.45, 7) is 1.89. The van der Waals surface area contributed by atoms with Crippen molar-refractivity contribution in [3.8, 4) is 0 Å². The smallest absolute Gasteiger partial charge is 0.342 e. The molecule has 3 N–H and O–H groups in total. The highest BCUT2D eigenvalue weighted by atomic mass is 32.2. The van der Waals surface area contributed by atoms with Crippen LogP contribution in [0.25, 0.3) is 0 Å². The molecule has 4 fully saturated rings. The molecule has 0 saturated carbocycles. The first kappa shape index (κ1) is 31.6. The number of benzene rings is 1. The van der Waals surface area contributed by atoms with E-state index in [0.29, 0.717) is 17.9 Å². The molecule has 4 aliphatic rings. The van der Waals surface area contributed by atoms with Crippen LogP contribution in [0, 0.1) is 0 Å². The number of amides is 8. The maximum Gasteiger partial charge on any atom is 0.342 e. The van der Waals surface area contributed by atoms with Gasteiger partial charge in [0.2, 0.25) is 16.7 Å². The fourth-order valence-corrected chi connectivity index (χ4v) is 7.46. The van der Waals surface area contributed by atoms with Crippen molar-refractivity contribution >= 4 is 59.6 Å².